The van der Waals surface area contributed by atoms with E-state index in [1.165, 1.54) is 5.56 Å². The zero-order valence-corrected chi connectivity index (χ0v) is 15.4. The third kappa shape index (κ3) is 3.75. The van der Waals surface area contributed by atoms with Gasteiger partial charge in [-0.3, -0.25) is 9.59 Å². The van der Waals surface area contributed by atoms with Crippen LogP contribution in [0.25, 0.3) is 0 Å². The Hall–Kier alpha value is -2.61. The fourth-order valence-corrected chi connectivity index (χ4v) is 3.37. The molecular formula is C19H19ClN4O3. The van der Waals surface area contributed by atoms with Crippen LogP contribution in [0.1, 0.15) is 23.6 Å². The largest absolute Gasteiger partial charge is 0.482 e. The van der Waals surface area contributed by atoms with Crippen LogP contribution in [0.3, 0.4) is 0 Å². The molecule has 1 saturated heterocycles. The molecule has 2 heterocycles. The standard InChI is InChI=1S/C19H19ClN4O3/c1-10-2-4-11(5-3-10)13-7-16(24-23-13)19(26)22-14-8-17-15(6-12(14)20)21-18(25)9-27-17/h2-6,8,13,16,23-24H,7,9H2,1H3,(H,21,25)(H,22,26). The molecule has 2 unspecified atom stereocenters. The predicted molar refractivity (Wildman–Crippen MR) is 103 cm³/mol. The lowest BCUT2D eigenvalue weighted by molar-refractivity contribution is -0.119. The molecule has 4 N–H and O–H groups in total. The molecule has 0 aromatic heterocycles. The molecule has 4 rings (SSSR count). The summed E-state index contributed by atoms with van der Waals surface area (Å²) in [5, 5.41) is 5.84. The van der Waals surface area contributed by atoms with Gasteiger partial charge in [0.25, 0.3) is 5.91 Å². The summed E-state index contributed by atoms with van der Waals surface area (Å²) in [4.78, 5) is 24.0. The Labute approximate surface area is 161 Å². The van der Waals surface area contributed by atoms with Gasteiger partial charge in [0.2, 0.25) is 5.91 Å². The van der Waals surface area contributed by atoms with Gasteiger partial charge in [0.1, 0.15) is 11.8 Å². The molecule has 1 fully saturated rings. The smallest absolute Gasteiger partial charge is 0.262 e. The number of amides is 2. The highest BCUT2D eigenvalue weighted by atomic mass is 35.5. The first-order chi connectivity index (χ1) is 13.0. The normalized spacial score (nSPS) is 21.2. The third-order valence-corrected chi connectivity index (χ3v) is 4.97. The summed E-state index contributed by atoms with van der Waals surface area (Å²) in [6.45, 7) is 1.98. The molecular weight excluding hydrogens is 368 g/mol. The number of anilines is 2. The monoisotopic (exact) mass is 386 g/mol. The fraction of sp³-hybridized carbons (Fsp3) is 0.263. The summed E-state index contributed by atoms with van der Waals surface area (Å²) in [7, 11) is 0. The van der Waals surface area contributed by atoms with Crippen molar-refractivity contribution in [3.63, 3.8) is 0 Å². The maximum Gasteiger partial charge on any atom is 0.262 e. The van der Waals surface area contributed by atoms with Gasteiger partial charge in [0, 0.05) is 12.1 Å². The van der Waals surface area contributed by atoms with Gasteiger partial charge in [-0.15, -0.1) is 0 Å². The van der Waals surface area contributed by atoms with Gasteiger partial charge in [0.15, 0.2) is 6.61 Å². The first kappa shape index (κ1) is 17.8. The van der Waals surface area contributed by atoms with E-state index in [1.54, 1.807) is 12.1 Å². The molecule has 2 aromatic rings. The zero-order chi connectivity index (χ0) is 19.0. The molecule has 2 aliphatic heterocycles. The summed E-state index contributed by atoms with van der Waals surface area (Å²) < 4.78 is 5.37. The maximum atomic E-state index is 12.6. The minimum absolute atomic E-state index is 0.0545. The molecule has 2 amide bonds. The molecule has 0 radical (unpaired) electrons. The molecule has 7 nitrogen and oxygen atoms in total. The first-order valence-electron chi connectivity index (χ1n) is 8.64. The number of nitrogens with one attached hydrogen (secondary N) is 4. The van der Waals surface area contributed by atoms with E-state index < -0.39 is 6.04 Å². The summed E-state index contributed by atoms with van der Waals surface area (Å²) >= 11 is 6.24. The number of rotatable bonds is 3. The maximum absolute atomic E-state index is 12.6. The van der Waals surface area contributed by atoms with Crippen molar-refractivity contribution in [1.82, 2.24) is 10.9 Å². The van der Waals surface area contributed by atoms with Crippen LogP contribution in [0.15, 0.2) is 36.4 Å². The number of hydrazine groups is 1. The second kappa shape index (κ2) is 7.19. The van der Waals surface area contributed by atoms with Crippen molar-refractivity contribution in [2.75, 3.05) is 17.2 Å². The lowest BCUT2D eigenvalue weighted by atomic mass is 10.0. The van der Waals surface area contributed by atoms with Crippen molar-refractivity contribution in [1.29, 1.82) is 0 Å². The molecule has 27 heavy (non-hydrogen) atoms. The second-order valence-electron chi connectivity index (χ2n) is 6.69. The van der Waals surface area contributed by atoms with Crippen molar-refractivity contribution < 1.29 is 14.3 Å². The second-order valence-corrected chi connectivity index (χ2v) is 7.10. The van der Waals surface area contributed by atoms with Gasteiger partial charge in [0.05, 0.1) is 16.4 Å². The van der Waals surface area contributed by atoms with Crippen LogP contribution in [0.4, 0.5) is 11.4 Å². The zero-order valence-electron chi connectivity index (χ0n) is 14.6. The van der Waals surface area contributed by atoms with E-state index in [-0.39, 0.29) is 24.5 Å². The number of aryl methyl sites for hydroxylation is 1. The number of carbonyl (C=O) groups is 2. The van der Waals surface area contributed by atoms with Gasteiger partial charge in [-0.1, -0.05) is 41.4 Å². The van der Waals surface area contributed by atoms with Crippen molar-refractivity contribution >= 4 is 34.8 Å². The Kier molecular flexibility index (Phi) is 4.73. The van der Waals surface area contributed by atoms with Gasteiger partial charge in [-0.05, 0) is 25.0 Å². The van der Waals surface area contributed by atoms with Gasteiger partial charge < -0.3 is 15.4 Å². The SMILES string of the molecule is Cc1ccc(C2CC(C(=O)Nc3cc4c(cc3Cl)NC(=O)CO4)NN2)cc1. The average molecular weight is 387 g/mol. The molecule has 2 aliphatic rings. The van der Waals surface area contributed by atoms with E-state index in [9.17, 15) is 9.59 Å². The summed E-state index contributed by atoms with van der Waals surface area (Å²) in [5.74, 6) is 0.0434. The van der Waals surface area contributed by atoms with Gasteiger partial charge in [-0.2, -0.15) is 0 Å². The van der Waals surface area contributed by atoms with Gasteiger partial charge >= 0.3 is 0 Å². The van der Waals surface area contributed by atoms with Gasteiger partial charge in [-0.25, -0.2) is 10.9 Å². The van der Waals surface area contributed by atoms with Crippen LogP contribution in [0.5, 0.6) is 5.75 Å². The first-order valence-corrected chi connectivity index (χ1v) is 9.02. The Bertz CT molecular complexity index is 901. The number of hydrogen-bond donors (Lipinski definition) is 4. The highest BCUT2D eigenvalue weighted by Gasteiger charge is 2.30. The molecule has 0 bridgehead atoms. The lowest BCUT2D eigenvalue weighted by Gasteiger charge is -2.20. The highest BCUT2D eigenvalue weighted by Crippen LogP contribution is 2.36. The predicted octanol–water partition coefficient (Wildman–Crippen LogP) is 2.53. The quantitative estimate of drug-likeness (QED) is 0.650. The number of hydrogen-bond acceptors (Lipinski definition) is 5. The van der Waals surface area contributed by atoms with E-state index in [0.717, 1.165) is 5.56 Å². The molecule has 0 spiro atoms. The van der Waals surface area contributed by atoms with E-state index in [2.05, 4.69) is 45.8 Å². The number of ether oxygens (including phenoxy) is 1. The van der Waals surface area contributed by atoms with E-state index in [0.29, 0.717) is 28.6 Å². The average Bonchev–Trinajstić information content (AvgIpc) is 3.13. The van der Waals surface area contributed by atoms with Crippen molar-refractivity contribution in [2.24, 2.45) is 0 Å². The minimum Gasteiger partial charge on any atom is -0.482 e. The number of carbonyl (C=O) groups excluding carboxylic acids is 2. The highest BCUT2D eigenvalue weighted by molar-refractivity contribution is 6.34. The van der Waals surface area contributed by atoms with Crippen molar-refractivity contribution in [2.45, 2.75) is 25.4 Å². The van der Waals surface area contributed by atoms with Crippen LogP contribution in [-0.4, -0.2) is 24.5 Å². The number of fused-ring (bicyclic) bond motifs is 1. The van der Waals surface area contributed by atoms with E-state index in [4.69, 9.17) is 16.3 Å². The molecule has 140 valence electrons. The van der Waals surface area contributed by atoms with E-state index >= 15 is 0 Å². The van der Waals surface area contributed by atoms with E-state index in [1.807, 2.05) is 6.92 Å². The topological polar surface area (TPSA) is 91.5 Å². The van der Waals surface area contributed by atoms with Crippen LogP contribution < -0.4 is 26.2 Å². The van der Waals surface area contributed by atoms with Crippen LogP contribution >= 0.6 is 11.6 Å². The van der Waals surface area contributed by atoms with Crippen molar-refractivity contribution in [3.8, 4) is 5.75 Å². The minimum atomic E-state index is -0.399. The Morgan fingerprint density at radius 3 is 2.78 bits per heavy atom. The fourth-order valence-electron chi connectivity index (χ4n) is 3.16. The lowest BCUT2D eigenvalue weighted by Crippen LogP contribution is -2.39. The van der Waals surface area contributed by atoms with Crippen LogP contribution in [0, 0.1) is 6.92 Å². The molecule has 8 heteroatoms. The van der Waals surface area contributed by atoms with Crippen molar-refractivity contribution in [3.05, 3.63) is 52.5 Å². The summed E-state index contributed by atoms with van der Waals surface area (Å²) in [6.07, 6.45) is 0.615. The molecule has 2 aromatic carbocycles. The molecule has 0 saturated carbocycles. The third-order valence-electron chi connectivity index (χ3n) is 4.66. The summed E-state index contributed by atoms with van der Waals surface area (Å²) in [5.41, 5.74) is 9.45. The number of benzene rings is 2. The Morgan fingerprint density at radius 1 is 1.22 bits per heavy atom. The number of halogens is 1. The summed E-state index contributed by atoms with van der Waals surface area (Å²) in [6, 6.07) is 11.1. The Morgan fingerprint density at radius 2 is 2.00 bits per heavy atom. The Balaban J connectivity index is 1.44. The molecule has 2 atom stereocenters. The van der Waals surface area contributed by atoms with Crippen LogP contribution in [-0.2, 0) is 9.59 Å². The molecule has 0 aliphatic carbocycles. The van der Waals surface area contributed by atoms with Crippen LogP contribution in [0.2, 0.25) is 5.02 Å².